The van der Waals surface area contributed by atoms with Crippen molar-refractivity contribution in [2.45, 2.75) is 6.42 Å². The molecule has 16 heavy (non-hydrogen) atoms. The average molecular weight is 221 g/mol. The molecule has 1 amide bonds. The third-order valence-electron chi connectivity index (χ3n) is 2.64. The van der Waals surface area contributed by atoms with E-state index in [1.54, 1.807) is 12.0 Å². The Balaban J connectivity index is 2.05. The van der Waals surface area contributed by atoms with Gasteiger partial charge in [-0.15, -0.1) is 0 Å². The molecule has 1 aromatic rings. The SMILES string of the molecule is COc1ccccc1CC(=O)N1CCOC1. The number of carbonyl (C=O) groups is 1. The molecular formula is C12H15NO3. The van der Waals surface area contributed by atoms with Crippen LogP contribution < -0.4 is 4.74 Å². The van der Waals surface area contributed by atoms with Crippen molar-refractivity contribution < 1.29 is 14.3 Å². The van der Waals surface area contributed by atoms with E-state index in [0.717, 1.165) is 11.3 Å². The van der Waals surface area contributed by atoms with Gasteiger partial charge in [-0.05, 0) is 6.07 Å². The van der Waals surface area contributed by atoms with Gasteiger partial charge in [-0.25, -0.2) is 0 Å². The van der Waals surface area contributed by atoms with Crippen molar-refractivity contribution in [2.75, 3.05) is 27.0 Å². The maximum Gasteiger partial charge on any atom is 0.229 e. The number of carbonyl (C=O) groups excluding carboxylic acids is 1. The highest BCUT2D eigenvalue weighted by Crippen LogP contribution is 2.18. The summed E-state index contributed by atoms with van der Waals surface area (Å²) in [5.74, 6) is 0.845. The molecule has 0 saturated carbocycles. The second-order valence-corrected chi connectivity index (χ2v) is 3.68. The Morgan fingerprint density at radius 2 is 2.31 bits per heavy atom. The number of rotatable bonds is 3. The minimum Gasteiger partial charge on any atom is -0.496 e. The van der Waals surface area contributed by atoms with Crippen LogP contribution in [0.2, 0.25) is 0 Å². The summed E-state index contributed by atoms with van der Waals surface area (Å²) in [6, 6.07) is 7.58. The Morgan fingerprint density at radius 1 is 1.50 bits per heavy atom. The predicted molar refractivity (Wildman–Crippen MR) is 59.2 cm³/mol. The Morgan fingerprint density at radius 3 is 3.00 bits per heavy atom. The zero-order chi connectivity index (χ0) is 11.4. The van der Waals surface area contributed by atoms with E-state index in [9.17, 15) is 4.79 Å². The number of nitrogens with zero attached hydrogens (tertiary/aromatic N) is 1. The topological polar surface area (TPSA) is 38.8 Å². The van der Waals surface area contributed by atoms with Gasteiger partial charge in [0, 0.05) is 12.1 Å². The lowest BCUT2D eigenvalue weighted by atomic mass is 10.1. The smallest absolute Gasteiger partial charge is 0.229 e. The molecule has 0 radical (unpaired) electrons. The number of hydrogen-bond acceptors (Lipinski definition) is 3. The van der Waals surface area contributed by atoms with Crippen LogP contribution in [0, 0.1) is 0 Å². The normalized spacial score (nSPS) is 15.2. The quantitative estimate of drug-likeness (QED) is 0.766. The Hall–Kier alpha value is -1.55. The van der Waals surface area contributed by atoms with Crippen molar-refractivity contribution in [2.24, 2.45) is 0 Å². The predicted octanol–water partition coefficient (Wildman–Crippen LogP) is 1.05. The number of para-hydroxylation sites is 1. The minimum absolute atomic E-state index is 0.0852. The van der Waals surface area contributed by atoms with Crippen molar-refractivity contribution in [1.29, 1.82) is 0 Å². The molecule has 0 N–H and O–H groups in total. The van der Waals surface area contributed by atoms with E-state index in [4.69, 9.17) is 9.47 Å². The van der Waals surface area contributed by atoms with E-state index < -0.39 is 0 Å². The molecule has 1 aromatic carbocycles. The van der Waals surface area contributed by atoms with E-state index in [-0.39, 0.29) is 5.91 Å². The molecule has 1 heterocycles. The fraction of sp³-hybridized carbons (Fsp3) is 0.417. The lowest BCUT2D eigenvalue weighted by Crippen LogP contribution is -2.29. The van der Waals surface area contributed by atoms with Gasteiger partial charge in [0.15, 0.2) is 0 Å². The fourth-order valence-corrected chi connectivity index (χ4v) is 1.73. The molecule has 0 atom stereocenters. The number of methoxy groups -OCH3 is 1. The van der Waals surface area contributed by atoms with Gasteiger partial charge < -0.3 is 14.4 Å². The van der Waals surface area contributed by atoms with Crippen LogP contribution >= 0.6 is 0 Å². The van der Waals surface area contributed by atoms with Gasteiger partial charge in [-0.3, -0.25) is 4.79 Å². The number of ether oxygens (including phenoxy) is 2. The maximum absolute atomic E-state index is 11.9. The van der Waals surface area contributed by atoms with Crippen LogP contribution in [-0.2, 0) is 16.0 Å². The van der Waals surface area contributed by atoms with Gasteiger partial charge in [0.1, 0.15) is 12.5 Å². The van der Waals surface area contributed by atoms with E-state index in [2.05, 4.69) is 0 Å². The second kappa shape index (κ2) is 4.99. The molecule has 0 aliphatic carbocycles. The molecule has 0 unspecified atom stereocenters. The Kier molecular flexibility index (Phi) is 3.41. The zero-order valence-electron chi connectivity index (χ0n) is 9.31. The van der Waals surface area contributed by atoms with Gasteiger partial charge in [-0.1, -0.05) is 18.2 Å². The third-order valence-corrected chi connectivity index (χ3v) is 2.64. The number of hydrogen-bond donors (Lipinski definition) is 0. The Labute approximate surface area is 94.8 Å². The van der Waals surface area contributed by atoms with E-state index in [1.165, 1.54) is 0 Å². The van der Waals surface area contributed by atoms with Crippen LogP contribution in [0.4, 0.5) is 0 Å². The van der Waals surface area contributed by atoms with Crippen LogP contribution in [0.25, 0.3) is 0 Å². The van der Waals surface area contributed by atoms with E-state index in [1.807, 2.05) is 24.3 Å². The highest BCUT2D eigenvalue weighted by Gasteiger charge is 2.19. The summed E-state index contributed by atoms with van der Waals surface area (Å²) in [7, 11) is 1.61. The van der Waals surface area contributed by atoms with Crippen molar-refractivity contribution in [1.82, 2.24) is 4.90 Å². The summed E-state index contributed by atoms with van der Waals surface area (Å²) in [5, 5.41) is 0. The maximum atomic E-state index is 11.9. The first-order valence-electron chi connectivity index (χ1n) is 5.28. The second-order valence-electron chi connectivity index (χ2n) is 3.68. The standard InChI is InChI=1S/C12H15NO3/c1-15-11-5-3-2-4-10(11)8-12(14)13-6-7-16-9-13/h2-5H,6-9H2,1H3. The molecule has 0 spiro atoms. The highest BCUT2D eigenvalue weighted by atomic mass is 16.5. The molecule has 1 aliphatic heterocycles. The highest BCUT2D eigenvalue weighted by molar-refractivity contribution is 5.79. The van der Waals surface area contributed by atoms with Crippen LogP contribution in [0.5, 0.6) is 5.75 Å². The van der Waals surface area contributed by atoms with Crippen LogP contribution in [0.15, 0.2) is 24.3 Å². The summed E-state index contributed by atoms with van der Waals surface area (Å²) in [6.45, 7) is 1.74. The monoisotopic (exact) mass is 221 g/mol. The molecule has 0 bridgehead atoms. The molecule has 0 aromatic heterocycles. The first-order valence-corrected chi connectivity index (χ1v) is 5.28. The fourth-order valence-electron chi connectivity index (χ4n) is 1.73. The minimum atomic E-state index is 0.0852. The zero-order valence-corrected chi connectivity index (χ0v) is 9.31. The van der Waals surface area contributed by atoms with E-state index in [0.29, 0.717) is 26.3 Å². The first kappa shape index (κ1) is 11.0. The summed E-state index contributed by atoms with van der Waals surface area (Å²) >= 11 is 0. The van der Waals surface area contributed by atoms with Crippen molar-refractivity contribution in [3.05, 3.63) is 29.8 Å². The van der Waals surface area contributed by atoms with Crippen LogP contribution in [-0.4, -0.2) is 37.8 Å². The van der Waals surface area contributed by atoms with Gasteiger partial charge in [0.05, 0.1) is 20.1 Å². The number of benzene rings is 1. The third kappa shape index (κ3) is 2.33. The summed E-state index contributed by atoms with van der Waals surface area (Å²) in [4.78, 5) is 13.6. The largest absolute Gasteiger partial charge is 0.496 e. The molecule has 1 aliphatic rings. The van der Waals surface area contributed by atoms with Crippen molar-refractivity contribution >= 4 is 5.91 Å². The summed E-state index contributed by atoms with van der Waals surface area (Å²) in [6.07, 6.45) is 0.368. The first-order chi connectivity index (χ1) is 7.81. The summed E-state index contributed by atoms with van der Waals surface area (Å²) < 4.78 is 10.4. The molecule has 1 fully saturated rings. The summed E-state index contributed by atoms with van der Waals surface area (Å²) in [5.41, 5.74) is 0.918. The van der Waals surface area contributed by atoms with Gasteiger partial charge in [0.2, 0.25) is 5.91 Å². The lowest BCUT2D eigenvalue weighted by Gasteiger charge is -2.14. The van der Waals surface area contributed by atoms with Gasteiger partial charge in [0.25, 0.3) is 0 Å². The molecule has 4 heteroatoms. The average Bonchev–Trinajstić information content (AvgIpc) is 2.83. The van der Waals surface area contributed by atoms with Crippen LogP contribution in [0.1, 0.15) is 5.56 Å². The van der Waals surface area contributed by atoms with Gasteiger partial charge in [-0.2, -0.15) is 0 Å². The molecular weight excluding hydrogens is 206 g/mol. The lowest BCUT2D eigenvalue weighted by molar-refractivity contribution is -0.130. The molecule has 86 valence electrons. The van der Waals surface area contributed by atoms with Gasteiger partial charge >= 0.3 is 0 Å². The molecule has 4 nitrogen and oxygen atoms in total. The molecule has 1 saturated heterocycles. The van der Waals surface area contributed by atoms with Crippen molar-refractivity contribution in [3.63, 3.8) is 0 Å². The van der Waals surface area contributed by atoms with Crippen molar-refractivity contribution in [3.8, 4) is 5.75 Å². The number of amides is 1. The van der Waals surface area contributed by atoms with Crippen LogP contribution in [0.3, 0.4) is 0 Å². The van der Waals surface area contributed by atoms with E-state index >= 15 is 0 Å². The Bertz CT molecular complexity index is 372. The molecule has 2 rings (SSSR count).